The lowest BCUT2D eigenvalue weighted by molar-refractivity contribution is -0.194. The zero-order valence-corrected chi connectivity index (χ0v) is 15.5. The Hall–Kier alpha value is -1.01. The topological polar surface area (TPSA) is 44.8 Å². The molecule has 0 spiro atoms. The van der Waals surface area contributed by atoms with Crippen LogP contribution in [0.2, 0.25) is 0 Å². The van der Waals surface area contributed by atoms with E-state index in [9.17, 15) is 13.6 Å². The van der Waals surface area contributed by atoms with Crippen LogP contribution in [0.1, 0.15) is 64.7 Å². The van der Waals surface area contributed by atoms with Crippen molar-refractivity contribution in [2.45, 2.75) is 89.1 Å². The molecule has 0 aromatic carbocycles. The molecule has 3 aliphatic rings. The first-order chi connectivity index (χ1) is 12.5. The Morgan fingerprint density at radius 2 is 2.15 bits per heavy atom. The molecular weight excluding hydrogens is 342 g/mol. The zero-order chi connectivity index (χ0) is 18.6. The minimum atomic E-state index is -2.82. The number of unbranched alkanes of at least 4 members (excludes halogenated alkanes) is 2. The van der Waals surface area contributed by atoms with Crippen LogP contribution in [0.15, 0.2) is 12.2 Å². The lowest BCUT2D eigenvalue weighted by Gasteiger charge is -2.29. The fourth-order valence-corrected chi connectivity index (χ4v) is 4.27. The van der Waals surface area contributed by atoms with Gasteiger partial charge in [-0.25, -0.2) is 8.78 Å². The third-order valence-corrected chi connectivity index (χ3v) is 5.69. The largest absolute Gasteiger partial charge is 0.462 e. The highest BCUT2D eigenvalue weighted by Gasteiger charge is 2.50. The smallest absolute Gasteiger partial charge is 0.306 e. The number of hydrogen-bond acceptors (Lipinski definition) is 4. The molecule has 3 rings (SSSR count). The molecule has 0 bridgehead atoms. The quantitative estimate of drug-likeness (QED) is 0.354. The summed E-state index contributed by atoms with van der Waals surface area (Å²) >= 11 is 0. The van der Waals surface area contributed by atoms with E-state index < -0.39 is 5.92 Å². The Labute approximate surface area is 154 Å². The number of carbonyl (C=O) groups excluding carboxylic acids is 1. The first-order valence-electron chi connectivity index (χ1n) is 10.0. The second-order valence-corrected chi connectivity index (χ2v) is 7.76. The predicted molar refractivity (Wildman–Crippen MR) is 92.8 cm³/mol. The summed E-state index contributed by atoms with van der Waals surface area (Å²) in [6, 6.07) is 0. The van der Waals surface area contributed by atoms with E-state index in [4.69, 9.17) is 14.2 Å². The van der Waals surface area contributed by atoms with Crippen molar-refractivity contribution < 1.29 is 27.8 Å². The summed E-state index contributed by atoms with van der Waals surface area (Å²) in [5.41, 5.74) is 0. The maximum absolute atomic E-state index is 14.2. The molecule has 0 radical (unpaired) electrons. The van der Waals surface area contributed by atoms with Crippen LogP contribution in [0, 0.1) is 11.8 Å². The number of fused-ring (bicyclic) bond motifs is 1. The molecule has 0 amide bonds. The molecule has 1 aliphatic carbocycles. The van der Waals surface area contributed by atoms with Gasteiger partial charge in [0.2, 0.25) is 0 Å². The van der Waals surface area contributed by atoms with E-state index in [1.165, 1.54) is 0 Å². The Morgan fingerprint density at radius 1 is 1.31 bits per heavy atom. The molecule has 2 aliphatic heterocycles. The highest BCUT2D eigenvalue weighted by Crippen LogP contribution is 2.44. The monoisotopic (exact) mass is 372 g/mol. The van der Waals surface area contributed by atoms with Crippen molar-refractivity contribution in [2.24, 2.45) is 11.8 Å². The van der Waals surface area contributed by atoms with Gasteiger partial charge < -0.3 is 14.2 Å². The van der Waals surface area contributed by atoms with Gasteiger partial charge in [-0.05, 0) is 31.8 Å². The minimum Gasteiger partial charge on any atom is -0.462 e. The van der Waals surface area contributed by atoms with E-state index in [-0.39, 0.29) is 49.1 Å². The summed E-state index contributed by atoms with van der Waals surface area (Å²) in [5.74, 6) is -3.35. The molecular formula is C20H30F2O4. The van der Waals surface area contributed by atoms with Crippen molar-refractivity contribution in [3.05, 3.63) is 12.2 Å². The maximum atomic E-state index is 14.2. The minimum absolute atomic E-state index is 0.0706. The molecule has 0 N–H and O–H groups in total. The van der Waals surface area contributed by atoms with Crippen molar-refractivity contribution in [1.82, 2.24) is 0 Å². The Balaban J connectivity index is 1.64. The molecule has 26 heavy (non-hydrogen) atoms. The number of halogens is 2. The number of carbonyl (C=O) groups is 1. The summed E-state index contributed by atoms with van der Waals surface area (Å²) in [6.07, 6.45) is 7.74. The van der Waals surface area contributed by atoms with Crippen molar-refractivity contribution >= 4 is 5.97 Å². The molecule has 0 aromatic heterocycles. The molecule has 3 fully saturated rings. The maximum Gasteiger partial charge on any atom is 0.306 e. The normalized spacial score (nSPS) is 35.0. The van der Waals surface area contributed by atoms with Crippen LogP contribution in [-0.4, -0.2) is 37.0 Å². The van der Waals surface area contributed by atoms with E-state index in [1.807, 2.05) is 6.92 Å². The first kappa shape index (κ1) is 19.7. The van der Waals surface area contributed by atoms with Crippen LogP contribution in [0.4, 0.5) is 8.78 Å². The van der Waals surface area contributed by atoms with Gasteiger partial charge in [0.25, 0.3) is 5.92 Å². The highest BCUT2D eigenvalue weighted by molar-refractivity contribution is 5.72. The van der Waals surface area contributed by atoms with Crippen molar-refractivity contribution in [3.63, 3.8) is 0 Å². The summed E-state index contributed by atoms with van der Waals surface area (Å²) in [6.45, 7) is 2.67. The van der Waals surface area contributed by atoms with E-state index in [0.717, 1.165) is 38.2 Å². The van der Waals surface area contributed by atoms with Crippen LogP contribution in [0.5, 0.6) is 0 Å². The third-order valence-electron chi connectivity index (χ3n) is 5.69. The SMILES string of the molecule is CCCCCC(F)(F)C=C[C@@H]1[C@H]2CC(=O)O[C@H]2C[C@H]1OC1CCCCO1. The van der Waals surface area contributed by atoms with Crippen molar-refractivity contribution in [3.8, 4) is 0 Å². The van der Waals surface area contributed by atoms with Gasteiger partial charge in [-0.3, -0.25) is 4.79 Å². The number of rotatable bonds is 8. The molecule has 1 unspecified atom stereocenters. The second kappa shape index (κ2) is 8.79. The Bertz CT molecular complexity index is 502. The van der Waals surface area contributed by atoms with E-state index >= 15 is 0 Å². The van der Waals surface area contributed by atoms with Gasteiger partial charge in [0.05, 0.1) is 12.5 Å². The van der Waals surface area contributed by atoms with E-state index in [2.05, 4.69) is 0 Å². The van der Waals surface area contributed by atoms with Crippen LogP contribution in [-0.2, 0) is 19.0 Å². The van der Waals surface area contributed by atoms with Gasteiger partial charge in [0.1, 0.15) is 6.10 Å². The number of alkyl halides is 2. The molecule has 6 heteroatoms. The first-order valence-corrected chi connectivity index (χ1v) is 10.0. The standard InChI is InChI=1S/C20H30F2O4/c1-2-3-5-9-20(21,22)10-8-14-15-12-18(23)25-17(15)13-16(14)26-19-7-4-6-11-24-19/h8,10,14-17,19H,2-7,9,11-13H2,1H3/t14-,15-,16-,17+,19?/m1/s1. The van der Waals surface area contributed by atoms with Crippen LogP contribution >= 0.6 is 0 Å². The summed E-state index contributed by atoms with van der Waals surface area (Å²) in [5, 5.41) is 0. The summed E-state index contributed by atoms with van der Waals surface area (Å²) < 4.78 is 45.4. The average Bonchev–Trinajstić information content (AvgIpc) is 3.10. The molecule has 2 heterocycles. The number of esters is 1. The summed E-state index contributed by atoms with van der Waals surface area (Å²) in [4.78, 5) is 11.6. The lowest BCUT2D eigenvalue weighted by Crippen LogP contribution is -2.31. The average molecular weight is 372 g/mol. The third kappa shape index (κ3) is 5.03. The van der Waals surface area contributed by atoms with Gasteiger partial charge in [-0.2, -0.15) is 0 Å². The van der Waals surface area contributed by atoms with Crippen LogP contribution < -0.4 is 0 Å². The molecule has 2 saturated heterocycles. The molecule has 1 saturated carbocycles. The van der Waals surface area contributed by atoms with Gasteiger partial charge in [0, 0.05) is 31.3 Å². The summed E-state index contributed by atoms with van der Waals surface area (Å²) in [7, 11) is 0. The van der Waals surface area contributed by atoms with Gasteiger partial charge in [0.15, 0.2) is 6.29 Å². The highest BCUT2D eigenvalue weighted by atomic mass is 19.3. The predicted octanol–water partition coefficient (Wildman–Crippen LogP) is 4.62. The molecule has 148 valence electrons. The fourth-order valence-electron chi connectivity index (χ4n) is 4.27. The Kier molecular flexibility index (Phi) is 6.67. The number of allylic oxidation sites excluding steroid dienone is 1. The fraction of sp³-hybridized carbons (Fsp3) is 0.850. The number of hydrogen-bond donors (Lipinski definition) is 0. The molecule has 4 nitrogen and oxygen atoms in total. The van der Waals surface area contributed by atoms with Crippen LogP contribution in [0.3, 0.4) is 0 Å². The van der Waals surface area contributed by atoms with Crippen LogP contribution in [0.25, 0.3) is 0 Å². The van der Waals surface area contributed by atoms with Gasteiger partial charge >= 0.3 is 5.97 Å². The van der Waals surface area contributed by atoms with E-state index in [1.54, 1.807) is 6.08 Å². The van der Waals surface area contributed by atoms with Gasteiger partial charge in [-0.15, -0.1) is 0 Å². The zero-order valence-electron chi connectivity index (χ0n) is 15.5. The molecule has 0 aromatic rings. The Morgan fingerprint density at radius 3 is 2.88 bits per heavy atom. The van der Waals surface area contributed by atoms with Crippen molar-refractivity contribution in [1.29, 1.82) is 0 Å². The van der Waals surface area contributed by atoms with Crippen molar-refractivity contribution in [2.75, 3.05) is 6.61 Å². The lowest BCUT2D eigenvalue weighted by atomic mass is 9.91. The molecule has 5 atom stereocenters. The van der Waals surface area contributed by atoms with Gasteiger partial charge in [-0.1, -0.05) is 25.8 Å². The second-order valence-electron chi connectivity index (χ2n) is 7.76. The number of ether oxygens (including phenoxy) is 3. The van der Waals surface area contributed by atoms with E-state index in [0.29, 0.717) is 19.4 Å².